The number of fused-ring (bicyclic) bond motifs is 1. The normalized spacial score (nSPS) is 16.9. The third-order valence-corrected chi connectivity index (χ3v) is 13.1. The van der Waals surface area contributed by atoms with Gasteiger partial charge in [0.1, 0.15) is 29.3 Å². The maximum Gasteiger partial charge on any atom is 0.259 e. The second-order valence-corrected chi connectivity index (χ2v) is 17.1. The van der Waals surface area contributed by atoms with Crippen LogP contribution < -0.4 is 14.8 Å². The van der Waals surface area contributed by atoms with E-state index in [9.17, 15) is 10.1 Å². The molecule has 4 atom stereocenters. The number of methoxy groups -OCH3 is 2. The van der Waals surface area contributed by atoms with E-state index >= 15 is 0 Å². The molecule has 0 bridgehead atoms. The van der Waals surface area contributed by atoms with Crippen molar-refractivity contribution in [3.8, 4) is 17.6 Å². The van der Waals surface area contributed by atoms with Gasteiger partial charge < -0.3 is 28.0 Å². The highest BCUT2D eigenvalue weighted by molar-refractivity contribution is 7.44. The first-order valence-corrected chi connectivity index (χ1v) is 22.3. The second-order valence-electron chi connectivity index (χ2n) is 15.7. The van der Waals surface area contributed by atoms with Crippen LogP contribution in [-0.2, 0) is 24.1 Å². The van der Waals surface area contributed by atoms with Crippen LogP contribution >= 0.6 is 8.53 Å². The monoisotopic (exact) mass is 867 g/mol. The van der Waals surface area contributed by atoms with Crippen molar-refractivity contribution in [2.75, 3.05) is 32.8 Å². The van der Waals surface area contributed by atoms with Gasteiger partial charge in [-0.3, -0.25) is 10.1 Å². The number of anilines is 1. The molecule has 7 rings (SSSR count). The zero-order valence-corrected chi connectivity index (χ0v) is 37.4. The van der Waals surface area contributed by atoms with Crippen LogP contribution in [0.4, 0.5) is 5.95 Å². The molecule has 0 saturated carbocycles. The molecule has 0 radical (unpaired) electrons. The Morgan fingerprint density at radius 2 is 1.38 bits per heavy atom. The summed E-state index contributed by atoms with van der Waals surface area (Å²) in [6.45, 7) is 8.73. The van der Waals surface area contributed by atoms with Gasteiger partial charge in [0.2, 0.25) is 5.95 Å². The minimum atomic E-state index is -1.67. The van der Waals surface area contributed by atoms with Gasteiger partial charge in [0.05, 0.1) is 57.2 Å². The topological polar surface area (TPSA) is 137 Å². The van der Waals surface area contributed by atoms with Crippen molar-refractivity contribution in [2.45, 2.75) is 76.5 Å². The highest BCUT2D eigenvalue weighted by Gasteiger charge is 2.45. The average molecular weight is 868 g/mol. The smallest absolute Gasteiger partial charge is 0.259 e. The maximum absolute atomic E-state index is 13.4. The Morgan fingerprint density at radius 1 is 0.810 bits per heavy atom. The van der Waals surface area contributed by atoms with Crippen molar-refractivity contribution in [3.05, 3.63) is 161 Å². The Hall–Kier alpha value is -5.77. The van der Waals surface area contributed by atoms with Crippen LogP contribution in [0.1, 0.15) is 79.4 Å². The van der Waals surface area contributed by atoms with Gasteiger partial charge in [-0.05, 0) is 86.8 Å². The maximum atomic E-state index is 13.4. The van der Waals surface area contributed by atoms with Crippen LogP contribution in [0.5, 0.6) is 11.5 Å². The molecule has 1 N–H and O–H groups in total. The number of nitrogens with one attached hydrogen (secondary N) is 1. The molecule has 0 aliphatic carbocycles. The Bertz CT molecular complexity index is 2400. The Kier molecular flexibility index (Phi) is 15.1. The Morgan fingerprint density at radius 3 is 1.97 bits per heavy atom. The molecule has 12 nitrogen and oxygen atoms in total. The number of rotatable bonds is 19. The van der Waals surface area contributed by atoms with Crippen LogP contribution in [0.15, 0.2) is 133 Å². The lowest BCUT2D eigenvalue weighted by atomic mass is 9.80. The van der Waals surface area contributed by atoms with Crippen LogP contribution in [0.3, 0.4) is 0 Å². The predicted octanol–water partition coefficient (Wildman–Crippen LogP) is 10.4. The number of amides is 1. The molecule has 1 aromatic heterocycles. The molecule has 13 heteroatoms. The van der Waals surface area contributed by atoms with Crippen molar-refractivity contribution in [3.63, 3.8) is 0 Å². The fraction of sp³-hybridized carbons (Fsp3) is 0.320. The van der Waals surface area contributed by atoms with E-state index in [1.165, 1.54) is 0 Å². The number of aromatic nitrogens is 2. The minimum Gasteiger partial charge on any atom is -0.497 e. The lowest BCUT2D eigenvalue weighted by molar-refractivity contribution is -0.0809. The molecule has 0 spiro atoms. The van der Waals surface area contributed by atoms with E-state index in [0.717, 1.165) is 22.1 Å². The molecule has 326 valence electrons. The summed E-state index contributed by atoms with van der Waals surface area (Å²) in [6.07, 6.45) is -1.19. The van der Waals surface area contributed by atoms with Gasteiger partial charge in [0.25, 0.3) is 14.4 Å². The van der Waals surface area contributed by atoms with Gasteiger partial charge >= 0.3 is 0 Å². The third kappa shape index (κ3) is 10.4. The number of nitriles is 1. The van der Waals surface area contributed by atoms with E-state index in [4.69, 9.17) is 38.0 Å². The summed E-state index contributed by atoms with van der Waals surface area (Å²) >= 11 is 0. The van der Waals surface area contributed by atoms with Crippen molar-refractivity contribution < 1.29 is 32.8 Å². The average Bonchev–Trinajstić information content (AvgIpc) is 3.71. The molecule has 1 fully saturated rings. The molecule has 1 aliphatic heterocycles. The van der Waals surface area contributed by atoms with Crippen LogP contribution in [0.2, 0.25) is 0 Å². The molecule has 1 aliphatic rings. The number of para-hydroxylation sites is 1. The van der Waals surface area contributed by atoms with Crippen molar-refractivity contribution in [2.24, 2.45) is 0 Å². The fourth-order valence-corrected chi connectivity index (χ4v) is 9.77. The minimum absolute atomic E-state index is 0.0727. The molecule has 5 aromatic carbocycles. The zero-order chi connectivity index (χ0) is 44.3. The predicted molar refractivity (Wildman–Crippen MR) is 245 cm³/mol. The van der Waals surface area contributed by atoms with E-state index in [2.05, 4.69) is 55.9 Å². The number of carbonyl (C=O) groups is 1. The first-order chi connectivity index (χ1) is 30.6. The van der Waals surface area contributed by atoms with Crippen molar-refractivity contribution in [1.82, 2.24) is 14.6 Å². The Balaban J connectivity index is 1.32. The first-order valence-electron chi connectivity index (χ1n) is 21.2. The van der Waals surface area contributed by atoms with Crippen LogP contribution in [-0.4, -0.2) is 72.3 Å². The summed E-state index contributed by atoms with van der Waals surface area (Å²) in [7, 11) is 1.62. The molecule has 1 unspecified atom stereocenters. The van der Waals surface area contributed by atoms with Gasteiger partial charge in [-0.25, -0.2) is 14.6 Å². The van der Waals surface area contributed by atoms with Gasteiger partial charge in [-0.15, -0.1) is 0 Å². The molecule has 1 amide bonds. The number of benzene rings is 5. The van der Waals surface area contributed by atoms with E-state index < -0.39 is 32.4 Å². The van der Waals surface area contributed by atoms with E-state index in [-0.39, 0.29) is 43.6 Å². The molecule has 6 aromatic rings. The van der Waals surface area contributed by atoms with Gasteiger partial charge in [0.15, 0.2) is 0 Å². The number of hydrogen-bond donors (Lipinski definition) is 1. The van der Waals surface area contributed by atoms with Crippen LogP contribution in [0.25, 0.3) is 10.9 Å². The van der Waals surface area contributed by atoms with E-state index in [1.54, 1.807) is 26.4 Å². The largest absolute Gasteiger partial charge is 0.497 e. The highest BCUT2D eigenvalue weighted by atomic mass is 31.2. The third-order valence-electron chi connectivity index (χ3n) is 10.9. The summed E-state index contributed by atoms with van der Waals surface area (Å²) in [5.74, 6) is 1.26. The number of hydrogen-bond acceptors (Lipinski definition) is 11. The lowest BCUT2D eigenvalue weighted by Crippen LogP contribution is -2.39. The van der Waals surface area contributed by atoms with Crippen LogP contribution in [0, 0.1) is 11.3 Å². The summed E-state index contributed by atoms with van der Waals surface area (Å²) in [6, 6.07) is 44.9. The van der Waals surface area contributed by atoms with Crippen molar-refractivity contribution in [1.29, 1.82) is 5.26 Å². The number of ether oxygens (including phenoxy) is 4. The standard InChI is InChI=1S/C50H54N5O7P/c1-34(2)55(35(3)4)63(60-31-15-30-51)62-44-32-45(47-42-20-13-14-21-43(42)52-49(53-47)54-48(56)36-16-9-7-10-17-36)61-46(44)33-59-50(37-18-11-8-12-19-37,38-22-26-40(57-5)27-23-38)39-24-28-41(58-6)29-25-39/h7-14,16-29,34-35,44-46H,15,31-33H2,1-6H3,(H,52,53,54,56)/t44-,45+,46+,63?/m0/s1. The molecule has 1 saturated heterocycles. The summed E-state index contributed by atoms with van der Waals surface area (Å²) < 4.78 is 41.5. The quantitative estimate of drug-likeness (QED) is 0.0473. The van der Waals surface area contributed by atoms with Crippen molar-refractivity contribution >= 4 is 31.3 Å². The molecule has 63 heavy (non-hydrogen) atoms. The SMILES string of the molecule is COc1ccc(C(OC[C@H]2O[C@@H](c3nc(NC(=O)c4ccccc4)nc4ccccc34)C[C@@H]2OP(OCCC#N)N(C(C)C)C(C)C)(c2ccccc2)c2ccc(OC)cc2)cc1. The summed E-state index contributed by atoms with van der Waals surface area (Å²) in [5.41, 5.74) is 3.28. The number of nitrogens with zero attached hydrogens (tertiary/aromatic N) is 4. The van der Waals surface area contributed by atoms with Gasteiger partial charge in [-0.1, -0.05) is 91.0 Å². The van der Waals surface area contributed by atoms with Gasteiger partial charge in [0, 0.05) is 29.5 Å². The number of carbonyl (C=O) groups excluding carboxylic acids is 1. The highest BCUT2D eigenvalue weighted by Crippen LogP contribution is 2.51. The Labute approximate surface area is 371 Å². The lowest BCUT2D eigenvalue weighted by Gasteiger charge is -2.39. The summed E-state index contributed by atoms with van der Waals surface area (Å²) in [5, 5.41) is 13.2. The molecular formula is C50H54N5O7P. The van der Waals surface area contributed by atoms with E-state index in [1.807, 2.05) is 109 Å². The first kappa shape index (κ1) is 45.3. The summed E-state index contributed by atoms with van der Waals surface area (Å²) in [4.78, 5) is 23.1. The van der Waals surface area contributed by atoms with E-state index in [0.29, 0.717) is 34.7 Å². The zero-order valence-electron chi connectivity index (χ0n) is 36.5. The molecule has 2 heterocycles. The molecular weight excluding hydrogens is 814 g/mol. The second kappa shape index (κ2) is 21.1. The fourth-order valence-electron chi connectivity index (χ4n) is 8.01. The van der Waals surface area contributed by atoms with Gasteiger partial charge in [-0.2, -0.15) is 5.26 Å².